The smallest absolute Gasteiger partial charge is 0.194 e. The lowest BCUT2D eigenvalue weighted by Gasteiger charge is -2.07. The fourth-order valence-electron chi connectivity index (χ4n) is 1.91. The number of benzene rings is 2. The molecule has 0 spiro atoms. The quantitative estimate of drug-likeness (QED) is 0.760. The lowest BCUT2D eigenvalue weighted by atomic mass is 9.99. The van der Waals surface area contributed by atoms with E-state index in [0.29, 0.717) is 0 Å². The molecule has 0 aromatic heterocycles. The summed E-state index contributed by atoms with van der Waals surface area (Å²) in [4.78, 5) is 12.5. The van der Waals surface area contributed by atoms with Crippen LogP contribution in [0.4, 0.5) is 0 Å². The molecule has 2 heteroatoms. The Bertz CT molecular complexity index is 587. The van der Waals surface area contributed by atoms with E-state index in [2.05, 4.69) is 22.9 Å². The van der Waals surface area contributed by atoms with Crippen molar-refractivity contribution in [3.8, 4) is 0 Å². The van der Waals surface area contributed by atoms with Gasteiger partial charge in [0, 0.05) is 15.6 Å². The zero-order valence-corrected chi connectivity index (χ0v) is 12.1. The van der Waals surface area contributed by atoms with Crippen LogP contribution < -0.4 is 0 Å². The van der Waals surface area contributed by atoms with Gasteiger partial charge in [0.2, 0.25) is 0 Å². The van der Waals surface area contributed by atoms with Crippen LogP contribution in [0.15, 0.2) is 46.9 Å². The predicted molar refractivity (Wildman–Crippen MR) is 78.1 cm³/mol. The van der Waals surface area contributed by atoms with Crippen molar-refractivity contribution < 1.29 is 4.79 Å². The molecule has 0 amide bonds. The van der Waals surface area contributed by atoms with Crippen LogP contribution in [0.5, 0.6) is 0 Å². The molecule has 0 fully saturated rings. The standard InChI is InChI=1S/C16H15BrO/c1-3-12-7-5-8-13(10-12)16(18)14-9-4-6-11(2)15(14)17/h4-10H,3H2,1-2H3. The molecule has 0 aliphatic heterocycles. The van der Waals surface area contributed by atoms with Crippen LogP contribution >= 0.6 is 15.9 Å². The summed E-state index contributed by atoms with van der Waals surface area (Å²) >= 11 is 3.49. The topological polar surface area (TPSA) is 17.1 Å². The molecule has 18 heavy (non-hydrogen) atoms. The molecule has 0 bridgehead atoms. The fraction of sp³-hybridized carbons (Fsp3) is 0.188. The molecule has 0 atom stereocenters. The molecule has 0 aliphatic rings. The molecule has 1 nitrogen and oxygen atoms in total. The molecule has 0 heterocycles. The second kappa shape index (κ2) is 5.49. The molecule has 2 aromatic carbocycles. The normalized spacial score (nSPS) is 10.4. The summed E-state index contributed by atoms with van der Waals surface area (Å²) in [7, 11) is 0. The Kier molecular flexibility index (Phi) is 3.97. The van der Waals surface area contributed by atoms with Gasteiger partial charge in [0.25, 0.3) is 0 Å². The zero-order valence-electron chi connectivity index (χ0n) is 10.5. The fourth-order valence-corrected chi connectivity index (χ4v) is 2.36. The van der Waals surface area contributed by atoms with Gasteiger partial charge in [-0.15, -0.1) is 0 Å². The molecule has 0 aliphatic carbocycles. The van der Waals surface area contributed by atoms with E-state index in [0.717, 1.165) is 27.6 Å². The highest BCUT2D eigenvalue weighted by molar-refractivity contribution is 9.10. The summed E-state index contributed by atoms with van der Waals surface area (Å²) < 4.78 is 0.886. The van der Waals surface area contributed by atoms with E-state index < -0.39 is 0 Å². The molecular formula is C16H15BrO. The van der Waals surface area contributed by atoms with Crippen LogP contribution in [0.25, 0.3) is 0 Å². The summed E-state index contributed by atoms with van der Waals surface area (Å²) in [5.74, 6) is 0.0703. The first-order valence-electron chi connectivity index (χ1n) is 6.02. The lowest BCUT2D eigenvalue weighted by molar-refractivity contribution is 0.103. The van der Waals surface area contributed by atoms with Gasteiger partial charge in [-0.2, -0.15) is 0 Å². The Balaban J connectivity index is 2.44. The van der Waals surface area contributed by atoms with Gasteiger partial charge in [-0.25, -0.2) is 0 Å². The summed E-state index contributed by atoms with van der Waals surface area (Å²) in [6.07, 6.45) is 0.941. The van der Waals surface area contributed by atoms with Crippen molar-refractivity contribution in [1.82, 2.24) is 0 Å². The molecule has 92 valence electrons. The number of carbonyl (C=O) groups is 1. The SMILES string of the molecule is CCc1cccc(C(=O)c2cccc(C)c2Br)c1. The highest BCUT2D eigenvalue weighted by Crippen LogP contribution is 2.24. The Hall–Kier alpha value is -1.41. The zero-order chi connectivity index (χ0) is 13.1. The maximum Gasteiger partial charge on any atom is 0.194 e. The molecule has 0 N–H and O–H groups in total. The molecule has 0 unspecified atom stereocenters. The molecule has 0 saturated carbocycles. The van der Waals surface area contributed by atoms with Crippen LogP contribution in [0.3, 0.4) is 0 Å². The maximum absolute atomic E-state index is 12.5. The summed E-state index contributed by atoms with van der Waals surface area (Å²) in [6.45, 7) is 4.08. The van der Waals surface area contributed by atoms with Gasteiger partial charge < -0.3 is 0 Å². The largest absolute Gasteiger partial charge is 0.289 e. The van der Waals surface area contributed by atoms with Crippen LogP contribution in [0, 0.1) is 6.92 Å². The third kappa shape index (κ3) is 2.54. The van der Waals surface area contributed by atoms with E-state index in [1.54, 1.807) is 0 Å². The van der Waals surface area contributed by atoms with Crippen LogP contribution in [-0.4, -0.2) is 5.78 Å². The first-order valence-corrected chi connectivity index (χ1v) is 6.81. The molecule has 0 radical (unpaired) electrons. The van der Waals surface area contributed by atoms with E-state index in [4.69, 9.17) is 0 Å². The second-order valence-corrected chi connectivity index (χ2v) is 5.11. The molecule has 2 aromatic rings. The Morgan fingerprint density at radius 2 is 1.89 bits per heavy atom. The van der Waals surface area contributed by atoms with Crippen molar-refractivity contribution in [3.05, 3.63) is 69.2 Å². The average molecular weight is 303 g/mol. The summed E-state index contributed by atoms with van der Waals surface area (Å²) in [5, 5.41) is 0. The van der Waals surface area contributed by atoms with E-state index in [-0.39, 0.29) is 5.78 Å². The third-order valence-corrected chi connectivity index (χ3v) is 4.09. The second-order valence-electron chi connectivity index (χ2n) is 4.32. The van der Waals surface area contributed by atoms with E-state index in [1.165, 1.54) is 5.56 Å². The molecule has 2 rings (SSSR count). The van der Waals surface area contributed by atoms with Crippen LogP contribution in [0.2, 0.25) is 0 Å². The third-order valence-electron chi connectivity index (χ3n) is 3.03. The van der Waals surface area contributed by atoms with Gasteiger partial charge in [-0.05, 0) is 52.5 Å². The van der Waals surface area contributed by atoms with Crippen LogP contribution in [0.1, 0.15) is 34.0 Å². The van der Waals surface area contributed by atoms with E-state index in [1.807, 2.05) is 49.4 Å². The van der Waals surface area contributed by atoms with Gasteiger partial charge in [0.15, 0.2) is 5.78 Å². The number of halogens is 1. The monoisotopic (exact) mass is 302 g/mol. The van der Waals surface area contributed by atoms with Gasteiger partial charge in [0.05, 0.1) is 0 Å². The van der Waals surface area contributed by atoms with Crippen molar-refractivity contribution in [2.45, 2.75) is 20.3 Å². The van der Waals surface area contributed by atoms with Crippen molar-refractivity contribution in [3.63, 3.8) is 0 Å². The number of aryl methyl sites for hydroxylation is 2. The van der Waals surface area contributed by atoms with Crippen molar-refractivity contribution in [2.24, 2.45) is 0 Å². The highest BCUT2D eigenvalue weighted by Gasteiger charge is 2.13. The Labute approximate surface area is 116 Å². The number of ketones is 1. The number of hydrogen-bond acceptors (Lipinski definition) is 1. The number of carbonyl (C=O) groups excluding carboxylic acids is 1. The predicted octanol–water partition coefficient (Wildman–Crippen LogP) is 4.55. The van der Waals surface area contributed by atoms with Gasteiger partial charge in [-0.3, -0.25) is 4.79 Å². The first-order chi connectivity index (χ1) is 8.63. The highest BCUT2D eigenvalue weighted by atomic mass is 79.9. The van der Waals surface area contributed by atoms with Gasteiger partial charge in [0.1, 0.15) is 0 Å². The van der Waals surface area contributed by atoms with E-state index in [9.17, 15) is 4.79 Å². The summed E-state index contributed by atoms with van der Waals surface area (Å²) in [6, 6.07) is 13.6. The average Bonchev–Trinajstić information content (AvgIpc) is 2.41. The maximum atomic E-state index is 12.5. The minimum absolute atomic E-state index is 0.0703. The van der Waals surface area contributed by atoms with Crippen molar-refractivity contribution in [2.75, 3.05) is 0 Å². The first kappa shape index (κ1) is 13.0. The van der Waals surface area contributed by atoms with Crippen molar-refractivity contribution in [1.29, 1.82) is 0 Å². The minimum Gasteiger partial charge on any atom is -0.289 e. The van der Waals surface area contributed by atoms with Crippen LogP contribution in [-0.2, 0) is 6.42 Å². The summed E-state index contributed by atoms with van der Waals surface area (Å²) in [5.41, 5.74) is 3.74. The Morgan fingerprint density at radius 3 is 2.61 bits per heavy atom. The lowest BCUT2D eigenvalue weighted by Crippen LogP contribution is -2.03. The number of hydrogen-bond donors (Lipinski definition) is 0. The minimum atomic E-state index is 0.0703. The molecule has 0 saturated heterocycles. The van der Waals surface area contributed by atoms with Gasteiger partial charge >= 0.3 is 0 Å². The Morgan fingerprint density at radius 1 is 1.17 bits per heavy atom. The van der Waals surface area contributed by atoms with E-state index >= 15 is 0 Å². The number of rotatable bonds is 3. The van der Waals surface area contributed by atoms with Gasteiger partial charge in [-0.1, -0.05) is 37.3 Å². The molecular weight excluding hydrogens is 288 g/mol. The van der Waals surface area contributed by atoms with Crippen molar-refractivity contribution >= 4 is 21.7 Å².